The predicted molar refractivity (Wildman–Crippen MR) is 99.1 cm³/mol. The highest BCUT2D eigenvalue weighted by Gasteiger charge is 2.22. The minimum absolute atomic E-state index is 0.0988. The molecule has 1 N–H and O–H groups in total. The van der Waals surface area contributed by atoms with Crippen molar-refractivity contribution in [3.05, 3.63) is 51.3 Å². The molecule has 0 spiro atoms. The van der Waals surface area contributed by atoms with Gasteiger partial charge < -0.3 is 0 Å². The maximum Gasteiger partial charge on any atom is 0.267 e. The van der Waals surface area contributed by atoms with Gasteiger partial charge in [0.2, 0.25) is 5.13 Å². The minimum atomic E-state index is -0.0988. The van der Waals surface area contributed by atoms with Gasteiger partial charge >= 0.3 is 0 Å². The van der Waals surface area contributed by atoms with Gasteiger partial charge in [-0.1, -0.05) is 49.4 Å². The summed E-state index contributed by atoms with van der Waals surface area (Å²) in [5.74, 6) is 0.219. The molecule has 1 aliphatic rings. The number of thiophene rings is 1. The first kappa shape index (κ1) is 15.5. The third kappa shape index (κ3) is 2.76. The van der Waals surface area contributed by atoms with Crippen molar-refractivity contribution in [1.82, 2.24) is 10.2 Å². The van der Waals surface area contributed by atoms with Gasteiger partial charge in [-0.15, -0.1) is 21.5 Å². The number of fused-ring (bicyclic) bond motifs is 3. The number of nitrogens with one attached hydrogen (secondary N) is 1. The lowest BCUT2D eigenvalue weighted by atomic mass is 9.91. The van der Waals surface area contributed by atoms with E-state index in [0.29, 0.717) is 11.0 Å². The molecule has 3 aromatic rings. The van der Waals surface area contributed by atoms with Crippen LogP contribution in [0.15, 0.2) is 30.3 Å². The van der Waals surface area contributed by atoms with Crippen molar-refractivity contribution in [2.75, 3.05) is 5.32 Å². The fraction of sp³-hybridized carbons (Fsp3) is 0.278. The number of benzene rings is 1. The number of aryl methyl sites for hydroxylation is 2. The van der Waals surface area contributed by atoms with Crippen molar-refractivity contribution >= 4 is 33.7 Å². The molecule has 24 heavy (non-hydrogen) atoms. The molecule has 0 radical (unpaired) electrons. The number of anilines is 1. The Kier molecular flexibility index (Phi) is 3.94. The molecule has 0 fully saturated rings. The van der Waals surface area contributed by atoms with Gasteiger partial charge in [0.05, 0.1) is 4.88 Å². The van der Waals surface area contributed by atoms with E-state index in [1.54, 1.807) is 11.3 Å². The predicted octanol–water partition coefficient (Wildman–Crippen LogP) is 4.74. The van der Waals surface area contributed by atoms with E-state index in [0.717, 1.165) is 22.7 Å². The fourth-order valence-electron chi connectivity index (χ4n) is 2.86. The standard InChI is InChI=1S/C18H17N3OS2/c1-10(2)17-20-21-18(24-17)19-16(22)14-9-12-8-7-11-5-3-4-6-13(11)15(12)23-14/h3-6,9-10H,7-8H2,1-2H3,(H,19,21,22). The number of hydrogen-bond acceptors (Lipinski definition) is 5. The molecule has 4 nitrogen and oxygen atoms in total. The maximum atomic E-state index is 12.6. The molecule has 1 aromatic carbocycles. The summed E-state index contributed by atoms with van der Waals surface area (Å²) in [6, 6.07) is 10.5. The summed E-state index contributed by atoms with van der Waals surface area (Å²) in [6.45, 7) is 4.13. The Bertz CT molecular complexity index is 911. The number of carbonyl (C=O) groups is 1. The average Bonchev–Trinajstić information content (AvgIpc) is 3.21. The molecule has 0 aliphatic heterocycles. The summed E-state index contributed by atoms with van der Waals surface area (Å²) >= 11 is 3.00. The van der Waals surface area contributed by atoms with Gasteiger partial charge in [-0.3, -0.25) is 10.1 Å². The van der Waals surface area contributed by atoms with Crippen LogP contribution < -0.4 is 5.32 Å². The average molecular weight is 355 g/mol. The normalized spacial score (nSPS) is 12.8. The molecule has 122 valence electrons. The van der Waals surface area contributed by atoms with E-state index in [2.05, 4.69) is 53.6 Å². The molecule has 2 aromatic heterocycles. The van der Waals surface area contributed by atoms with E-state index >= 15 is 0 Å². The monoisotopic (exact) mass is 355 g/mol. The van der Waals surface area contributed by atoms with Gasteiger partial charge in [0, 0.05) is 10.8 Å². The summed E-state index contributed by atoms with van der Waals surface area (Å²) < 4.78 is 0. The first-order chi connectivity index (χ1) is 11.6. The van der Waals surface area contributed by atoms with Crippen molar-refractivity contribution in [2.24, 2.45) is 0 Å². The first-order valence-corrected chi connectivity index (χ1v) is 9.61. The van der Waals surface area contributed by atoms with E-state index in [1.165, 1.54) is 32.9 Å². The molecule has 6 heteroatoms. The molecular formula is C18H17N3OS2. The molecule has 0 saturated heterocycles. The zero-order valence-electron chi connectivity index (χ0n) is 13.5. The van der Waals surface area contributed by atoms with Gasteiger partial charge in [0.15, 0.2) is 0 Å². The van der Waals surface area contributed by atoms with Crippen molar-refractivity contribution in [3.8, 4) is 10.4 Å². The van der Waals surface area contributed by atoms with Crippen LogP contribution in [0.1, 0.15) is 45.6 Å². The van der Waals surface area contributed by atoms with Crippen molar-refractivity contribution in [2.45, 2.75) is 32.6 Å². The zero-order chi connectivity index (χ0) is 16.7. The Morgan fingerprint density at radius 2 is 1.92 bits per heavy atom. The van der Waals surface area contributed by atoms with Crippen LogP contribution in [0, 0.1) is 0 Å². The summed E-state index contributed by atoms with van der Waals surface area (Å²) in [4.78, 5) is 14.5. The third-order valence-electron chi connectivity index (χ3n) is 4.11. The van der Waals surface area contributed by atoms with Gasteiger partial charge in [-0.05, 0) is 35.6 Å². The molecule has 1 amide bonds. The molecule has 4 rings (SSSR count). The second-order valence-electron chi connectivity index (χ2n) is 6.18. The lowest BCUT2D eigenvalue weighted by Crippen LogP contribution is -2.09. The van der Waals surface area contributed by atoms with Crippen LogP contribution in [0.5, 0.6) is 0 Å². The smallest absolute Gasteiger partial charge is 0.267 e. The minimum Gasteiger partial charge on any atom is -0.296 e. The van der Waals surface area contributed by atoms with Crippen LogP contribution in [-0.2, 0) is 12.8 Å². The number of carbonyl (C=O) groups excluding carboxylic acids is 1. The molecule has 0 saturated carbocycles. The van der Waals surface area contributed by atoms with Gasteiger partial charge in [-0.25, -0.2) is 0 Å². The molecule has 2 heterocycles. The summed E-state index contributed by atoms with van der Waals surface area (Å²) in [5.41, 5.74) is 3.90. The highest BCUT2D eigenvalue weighted by atomic mass is 32.1. The molecule has 1 aliphatic carbocycles. The van der Waals surface area contributed by atoms with Crippen LogP contribution in [-0.4, -0.2) is 16.1 Å². The second kappa shape index (κ2) is 6.11. The largest absolute Gasteiger partial charge is 0.296 e. The Hall–Kier alpha value is -2.05. The van der Waals surface area contributed by atoms with Crippen molar-refractivity contribution < 1.29 is 4.79 Å². The van der Waals surface area contributed by atoms with Crippen LogP contribution in [0.3, 0.4) is 0 Å². The van der Waals surface area contributed by atoms with E-state index in [1.807, 2.05) is 6.07 Å². The highest BCUT2D eigenvalue weighted by Crippen LogP contribution is 2.39. The zero-order valence-corrected chi connectivity index (χ0v) is 15.1. The topological polar surface area (TPSA) is 54.9 Å². The second-order valence-corrected chi connectivity index (χ2v) is 8.24. The Balaban J connectivity index is 1.59. The van der Waals surface area contributed by atoms with Crippen molar-refractivity contribution in [1.29, 1.82) is 0 Å². The molecule has 0 atom stereocenters. The third-order valence-corrected chi connectivity index (χ3v) is 6.46. The molecular weight excluding hydrogens is 338 g/mol. The SMILES string of the molecule is CC(C)c1nnc(NC(=O)c2cc3c(s2)-c2ccccc2CC3)s1. The number of hydrogen-bond donors (Lipinski definition) is 1. The molecule has 0 unspecified atom stereocenters. The van der Waals surface area contributed by atoms with Gasteiger partial charge in [0.1, 0.15) is 5.01 Å². The van der Waals surface area contributed by atoms with Gasteiger partial charge in [0.25, 0.3) is 5.91 Å². The Morgan fingerprint density at radius 3 is 2.71 bits per heavy atom. The number of aromatic nitrogens is 2. The highest BCUT2D eigenvalue weighted by molar-refractivity contribution is 7.18. The fourth-order valence-corrected chi connectivity index (χ4v) is 4.77. The van der Waals surface area contributed by atoms with Crippen LogP contribution >= 0.6 is 22.7 Å². The quantitative estimate of drug-likeness (QED) is 0.738. The van der Waals surface area contributed by atoms with E-state index < -0.39 is 0 Å². The van der Waals surface area contributed by atoms with Crippen LogP contribution in [0.4, 0.5) is 5.13 Å². The number of amides is 1. The lowest BCUT2D eigenvalue weighted by Gasteiger charge is -2.15. The first-order valence-electron chi connectivity index (χ1n) is 7.97. The van der Waals surface area contributed by atoms with Crippen LogP contribution in [0.25, 0.3) is 10.4 Å². The number of nitrogens with zero attached hydrogens (tertiary/aromatic N) is 2. The van der Waals surface area contributed by atoms with E-state index in [4.69, 9.17) is 0 Å². The van der Waals surface area contributed by atoms with Gasteiger partial charge in [-0.2, -0.15) is 0 Å². The Labute approximate surface area is 148 Å². The summed E-state index contributed by atoms with van der Waals surface area (Å²) in [5, 5.41) is 12.6. The summed E-state index contributed by atoms with van der Waals surface area (Å²) in [6.07, 6.45) is 2.03. The Morgan fingerprint density at radius 1 is 1.12 bits per heavy atom. The van der Waals surface area contributed by atoms with Crippen molar-refractivity contribution in [3.63, 3.8) is 0 Å². The summed E-state index contributed by atoms with van der Waals surface area (Å²) in [7, 11) is 0. The number of rotatable bonds is 3. The molecule has 0 bridgehead atoms. The van der Waals surface area contributed by atoms with E-state index in [-0.39, 0.29) is 5.91 Å². The maximum absolute atomic E-state index is 12.6. The van der Waals surface area contributed by atoms with Crippen LogP contribution in [0.2, 0.25) is 0 Å². The lowest BCUT2D eigenvalue weighted by molar-refractivity contribution is 0.103. The van der Waals surface area contributed by atoms with E-state index in [9.17, 15) is 4.79 Å².